The van der Waals surface area contributed by atoms with E-state index < -0.39 is 6.23 Å². The zero-order valence-electron chi connectivity index (χ0n) is 14.4. The van der Waals surface area contributed by atoms with Gasteiger partial charge in [-0.2, -0.15) is 0 Å². The number of fused-ring (bicyclic) bond motifs is 1. The molecule has 2 N–H and O–H groups in total. The minimum atomic E-state index is -0.740. The lowest BCUT2D eigenvalue weighted by Crippen LogP contribution is -2.33. The second kappa shape index (κ2) is 6.46. The summed E-state index contributed by atoms with van der Waals surface area (Å²) in [7, 11) is 2.01. The molecule has 0 radical (unpaired) electrons. The standard InChI is InChI=1S/C19H22N4O2/c1-12-20-11-16(23(12)2)13-5-6-14-10-21-18(9-15(14)8-13)22-19(24)17-4-3-7-25-17/h5-6,8-11,17,19,24H,3-4,7H2,1-2H3,(H,21,22). The van der Waals surface area contributed by atoms with Crippen LogP contribution in [-0.4, -0.2) is 38.6 Å². The fourth-order valence-electron chi connectivity index (χ4n) is 3.25. The molecule has 3 heterocycles. The average molecular weight is 338 g/mol. The number of nitrogens with one attached hydrogen (secondary N) is 1. The molecular formula is C19H22N4O2. The quantitative estimate of drug-likeness (QED) is 0.716. The summed E-state index contributed by atoms with van der Waals surface area (Å²) in [6.45, 7) is 2.70. The Hall–Kier alpha value is -2.44. The van der Waals surface area contributed by atoms with E-state index >= 15 is 0 Å². The van der Waals surface area contributed by atoms with Crippen molar-refractivity contribution in [2.24, 2.45) is 7.05 Å². The van der Waals surface area contributed by atoms with Crippen LogP contribution in [0.5, 0.6) is 0 Å². The summed E-state index contributed by atoms with van der Waals surface area (Å²) in [6.07, 6.45) is 4.65. The predicted octanol–water partition coefficient (Wildman–Crippen LogP) is 2.85. The third-order valence-corrected chi connectivity index (χ3v) is 4.85. The molecule has 2 unspecified atom stereocenters. The number of ether oxygens (including phenoxy) is 1. The number of aryl methyl sites for hydroxylation is 1. The monoisotopic (exact) mass is 338 g/mol. The molecule has 4 rings (SSSR count). The number of benzene rings is 1. The van der Waals surface area contributed by atoms with Crippen LogP contribution in [0.25, 0.3) is 22.0 Å². The molecule has 1 saturated heterocycles. The van der Waals surface area contributed by atoms with E-state index in [0.29, 0.717) is 12.4 Å². The van der Waals surface area contributed by atoms with E-state index in [9.17, 15) is 5.11 Å². The lowest BCUT2D eigenvalue weighted by Gasteiger charge is -2.19. The Morgan fingerprint density at radius 2 is 2.12 bits per heavy atom. The van der Waals surface area contributed by atoms with E-state index in [0.717, 1.165) is 40.7 Å². The first kappa shape index (κ1) is 16.1. The van der Waals surface area contributed by atoms with Crippen LogP contribution in [0.3, 0.4) is 0 Å². The molecule has 6 nitrogen and oxygen atoms in total. The Morgan fingerprint density at radius 1 is 1.24 bits per heavy atom. The van der Waals surface area contributed by atoms with Crippen LogP contribution in [0.15, 0.2) is 36.7 Å². The van der Waals surface area contributed by atoms with Crippen LogP contribution < -0.4 is 5.32 Å². The molecule has 0 spiro atoms. The van der Waals surface area contributed by atoms with E-state index in [1.807, 2.05) is 32.4 Å². The fourth-order valence-corrected chi connectivity index (χ4v) is 3.25. The summed E-state index contributed by atoms with van der Waals surface area (Å²) < 4.78 is 7.59. The molecule has 2 atom stereocenters. The second-order valence-corrected chi connectivity index (χ2v) is 6.52. The molecule has 130 valence electrons. The number of anilines is 1. The predicted molar refractivity (Wildman–Crippen MR) is 97.3 cm³/mol. The number of imidazole rings is 1. The first-order chi connectivity index (χ1) is 12.1. The van der Waals surface area contributed by atoms with E-state index in [4.69, 9.17) is 4.74 Å². The molecule has 0 aliphatic carbocycles. The molecule has 1 aliphatic heterocycles. The number of aromatic nitrogens is 3. The summed E-state index contributed by atoms with van der Waals surface area (Å²) in [5.41, 5.74) is 2.18. The molecule has 3 aromatic rings. The SMILES string of the molecule is Cc1ncc(-c2ccc3cnc(NC(O)C4CCCO4)cc3c2)n1C. The van der Waals surface area contributed by atoms with Gasteiger partial charge < -0.3 is 19.7 Å². The molecule has 1 aliphatic rings. The summed E-state index contributed by atoms with van der Waals surface area (Å²) >= 11 is 0. The Kier molecular flexibility index (Phi) is 4.15. The van der Waals surface area contributed by atoms with Crippen LogP contribution in [0.4, 0.5) is 5.82 Å². The number of aliphatic hydroxyl groups is 1. The van der Waals surface area contributed by atoms with Gasteiger partial charge in [-0.15, -0.1) is 0 Å². The van der Waals surface area contributed by atoms with Crippen molar-refractivity contribution < 1.29 is 9.84 Å². The van der Waals surface area contributed by atoms with E-state index in [2.05, 4.69) is 38.1 Å². The van der Waals surface area contributed by atoms with Gasteiger partial charge in [0.05, 0.1) is 11.9 Å². The van der Waals surface area contributed by atoms with Gasteiger partial charge in [-0.25, -0.2) is 9.97 Å². The zero-order valence-corrected chi connectivity index (χ0v) is 14.4. The molecule has 25 heavy (non-hydrogen) atoms. The highest BCUT2D eigenvalue weighted by molar-refractivity contribution is 5.88. The average Bonchev–Trinajstić information content (AvgIpc) is 3.26. The van der Waals surface area contributed by atoms with Gasteiger partial charge in [-0.05, 0) is 37.3 Å². The Labute approximate surface area is 146 Å². The first-order valence-corrected chi connectivity index (χ1v) is 8.56. The Bertz CT molecular complexity index is 900. The van der Waals surface area contributed by atoms with Crippen molar-refractivity contribution in [3.05, 3.63) is 42.5 Å². The van der Waals surface area contributed by atoms with Gasteiger partial charge >= 0.3 is 0 Å². The van der Waals surface area contributed by atoms with Gasteiger partial charge in [-0.3, -0.25) is 0 Å². The van der Waals surface area contributed by atoms with Crippen LogP contribution in [0.2, 0.25) is 0 Å². The number of hydrogen-bond donors (Lipinski definition) is 2. The zero-order chi connectivity index (χ0) is 17.4. The van der Waals surface area contributed by atoms with E-state index in [-0.39, 0.29) is 6.10 Å². The molecular weight excluding hydrogens is 316 g/mol. The van der Waals surface area contributed by atoms with Gasteiger partial charge in [0.1, 0.15) is 17.7 Å². The van der Waals surface area contributed by atoms with Crippen molar-refractivity contribution in [1.82, 2.24) is 14.5 Å². The van der Waals surface area contributed by atoms with Crippen molar-refractivity contribution in [1.29, 1.82) is 0 Å². The number of rotatable bonds is 4. The molecule has 0 saturated carbocycles. The second-order valence-electron chi connectivity index (χ2n) is 6.52. The van der Waals surface area contributed by atoms with Crippen LogP contribution in [0, 0.1) is 6.92 Å². The van der Waals surface area contributed by atoms with Gasteiger partial charge in [0.2, 0.25) is 0 Å². The molecule has 1 aromatic carbocycles. The topological polar surface area (TPSA) is 72.2 Å². The number of hydrogen-bond acceptors (Lipinski definition) is 5. The van der Waals surface area contributed by atoms with Gasteiger partial charge in [0, 0.05) is 30.8 Å². The maximum atomic E-state index is 10.3. The molecule has 2 aromatic heterocycles. The number of aliphatic hydroxyl groups excluding tert-OH is 1. The maximum Gasteiger partial charge on any atom is 0.152 e. The molecule has 0 amide bonds. The van der Waals surface area contributed by atoms with Crippen molar-refractivity contribution in [3.8, 4) is 11.3 Å². The molecule has 1 fully saturated rings. The molecule has 6 heteroatoms. The lowest BCUT2D eigenvalue weighted by molar-refractivity contribution is 0.0130. The lowest BCUT2D eigenvalue weighted by atomic mass is 10.1. The van der Waals surface area contributed by atoms with Crippen LogP contribution in [-0.2, 0) is 11.8 Å². The minimum absolute atomic E-state index is 0.166. The maximum absolute atomic E-state index is 10.3. The number of nitrogens with zero attached hydrogens (tertiary/aromatic N) is 3. The fraction of sp³-hybridized carbons (Fsp3) is 0.368. The van der Waals surface area contributed by atoms with E-state index in [1.165, 1.54) is 0 Å². The van der Waals surface area contributed by atoms with Gasteiger partial charge in [0.25, 0.3) is 0 Å². The smallest absolute Gasteiger partial charge is 0.152 e. The summed E-state index contributed by atoms with van der Waals surface area (Å²) in [6, 6.07) is 8.21. The normalized spacial score (nSPS) is 18.6. The molecule has 0 bridgehead atoms. The van der Waals surface area contributed by atoms with Crippen molar-refractivity contribution in [3.63, 3.8) is 0 Å². The van der Waals surface area contributed by atoms with Crippen molar-refractivity contribution in [2.75, 3.05) is 11.9 Å². The Morgan fingerprint density at radius 3 is 2.84 bits per heavy atom. The summed E-state index contributed by atoms with van der Waals surface area (Å²) in [5.74, 6) is 1.63. The summed E-state index contributed by atoms with van der Waals surface area (Å²) in [4.78, 5) is 8.76. The van der Waals surface area contributed by atoms with Gasteiger partial charge in [-0.1, -0.05) is 12.1 Å². The van der Waals surface area contributed by atoms with Crippen LogP contribution >= 0.6 is 0 Å². The highest BCUT2D eigenvalue weighted by Gasteiger charge is 2.24. The first-order valence-electron chi connectivity index (χ1n) is 8.56. The van der Waals surface area contributed by atoms with E-state index in [1.54, 1.807) is 0 Å². The van der Waals surface area contributed by atoms with Crippen LogP contribution in [0.1, 0.15) is 18.7 Å². The third-order valence-electron chi connectivity index (χ3n) is 4.85. The highest BCUT2D eigenvalue weighted by Crippen LogP contribution is 2.26. The minimum Gasteiger partial charge on any atom is -0.374 e. The number of pyridine rings is 1. The van der Waals surface area contributed by atoms with Crippen molar-refractivity contribution in [2.45, 2.75) is 32.1 Å². The largest absolute Gasteiger partial charge is 0.374 e. The van der Waals surface area contributed by atoms with Gasteiger partial charge in [0.15, 0.2) is 6.23 Å². The third kappa shape index (κ3) is 3.10. The highest BCUT2D eigenvalue weighted by atomic mass is 16.5. The Balaban J connectivity index is 1.63. The summed E-state index contributed by atoms with van der Waals surface area (Å²) in [5, 5.41) is 15.4. The van der Waals surface area contributed by atoms with Crippen molar-refractivity contribution >= 4 is 16.6 Å².